The van der Waals surface area contributed by atoms with Crippen molar-refractivity contribution >= 4 is 22.5 Å². The first-order valence-electron chi connectivity index (χ1n) is 8.49. The number of aryl methyl sites for hydroxylation is 1. The molecule has 0 aliphatic heterocycles. The number of ketones is 1. The number of fused-ring (bicyclic) bond motifs is 1. The smallest absolute Gasteiger partial charge is 0.219 e. The molecule has 4 rings (SSSR count). The van der Waals surface area contributed by atoms with Gasteiger partial charge in [-0.3, -0.25) is 4.79 Å². The molecule has 0 unspecified atom stereocenters. The summed E-state index contributed by atoms with van der Waals surface area (Å²) in [6.07, 6.45) is 2.93. The molecule has 0 aliphatic rings. The number of nitriles is 1. The number of nitrogens with one attached hydrogen (secondary N) is 1. The maximum Gasteiger partial charge on any atom is 0.219 e. The van der Waals surface area contributed by atoms with Gasteiger partial charge in [0, 0.05) is 24.0 Å². The topological polar surface area (TPSA) is 118 Å². The second-order valence-electron chi connectivity index (χ2n) is 6.15. The molecular formula is C21H15N5O2. The molecular weight excluding hydrogens is 354 g/mol. The molecule has 0 radical (unpaired) electrons. The SMILES string of the molecule is Cc1nc(Oc2ccccc2)ccc1C(=O)c1c[nH]c2ncc(C#N)c(N)c12. The van der Waals surface area contributed by atoms with Crippen molar-refractivity contribution < 1.29 is 9.53 Å². The Hall–Kier alpha value is -4.18. The molecule has 136 valence electrons. The molecule has 0 saturated carbocycles. The van der Waals surface area contributed by atoms with Crippen LogP contribution in [0.2, 0.25) is 0 Å². The van der Waals surface area contributed by atoms with Crippen LogP contribution in [0.3, 0.4) is 0 Å². The molecule has 0 fully saturated rings. The number of nitrogens with two attached hydrogens (primary N) is 1. The molecule has 7 nitrogen and oxygen atoms in total. The van der Waals surface area contributed by atoms with Crippen molar-refractivity contribution in [3.05, 3.63) is 77.2 Å². The van der Waals surface area contributed by atoms with E-state index in [4.69, 9.17) is 15.7 Å². The van der Waals surface area contributed by atoms with E-state index in [1.165, 1.54) is 6.20 Å². The summed E-state index contributed by atoms with van der Waals surface area (Å²) >= 11 is 0. The molecule has 0 aliphatic carbocycles. The zero-order valence-electron chi connectivity index (χ0n) is 14.9. The van der Waals surface area contributed by atoms with Crippen LogP contribution in [0.1, 0.15) is 27.2 Å². The number of carbonyl (C=O) groups is 1. The Kier molecular flexibility index (Phi) is 4.22. The average molecular weight is 369 g/mol. The summed E-state index contributed by atoms with van der Waals surface area (Å²) in [6.45, 7) is 1.74. The molecule has 0 bridgehead atoms. The third-order valence-corrected chi connectivity index (χ3v) is 4.38. The largest absolute Gasteiger partial charge is 0.439 e. The summed E-state index contributed by atoms with van der Waals surface area (Å²) in [5.74, 6) is 0.797. The van der Waals surface area contributed by atoms with E-state index in [2.05, 4.69) is 15.0 Å². The number of nitrogens with zero attached hydrogens (tertiary/aromatic N) is 3. The molecule has 1 aromatic carbocycles. The molecule has 0 spiro atoms. The van der Waals surface area contributed by atoms with Crippen molar-refractivity contribution in [3.63, 3.8) is 0 Å². The van der Waals surface area contributed by atoms with Crippen molar-refractivity contribution in [3.8, 4) is 17.7 Å². The quantitative estimate of drug-likeness (QED) is 0.529. The van der Waals surface area contributed by atoms with Gasteiger partial charge in [0.2, 0.25) is 5.88 Å². The number of rotatable bonds is 4. The normalized spacial score (nSPS) is 10.6. The highest BCUT2D eigenvalue weighted by atomic mass is 16.5. The molecule has 3 heterocycles. The highest BCUT2D eigenvalue weighted by Crippen LogP contribution is 2.29. The third kappa shape index (κ3) is 2.93. The van der Waals surface area contributed by atoms with E-state index in [-0.39, 0.29) is 17.0 Å². The van der Waals surface area contributed by atoms with E-state index in [9.17, 15) is 4.79 Å². The minimum Gasteiger partial charge on any atom is -0.439 e. The van der Waals surface area contributed by atoms with E-state index in [0.29, 0.717) is 39.5 Å². The molecule has 0 amide bonds. The number of para-hydroxylation sites is 1. The number of nitrogen functional groups attached to an aromatic ring is 1. The first-order chi connectivity index (χ1) is 13.6. The highest BCUT2D eigenvalue weighted by molar-refractivity contribution is 6.18. The van der Waals surface area contributed by atoms with Crippen molar-refractivity contribution in [2.24, 2.45) is 0 Å². The summed E-state index contributed by atoms with van der Waals surface area (Å²) in [5, 5.41) is 9.61. The fourth-order valence-corrected chi connectivity index (χ4v) is 2.98. The Bertz CT molecular complexity index is 1240. The zero-order chi connectivity index (χ0) is 19.7. The molecule has 7 heteroatoms. The standard InChI is InChI=1S/C21H15N5O2/c1-12-15(7-8-17(26-12)28-14-5-3-2-4-6-14)20(27)16-11-25-21-18(16)19(23)13(9-22)10-24-21/h2-8,10-11H,1H3,(H3,23,24,25). The summed E-state index contributed by atoms with van der Waals surface area (Å²) in [6, 6.07) is 14.6. The van der Waals surface area contributed by atoms with Crippen LogP contribution in [0.25, 0.3) is 11.0 Å². The Morgan fingerprint density at radius 2 is 1.96 bits per heavy atom. The van der Waals surface area contributed by atoms with Gasteiger partial charge in [-0.1, -0.05) is 18.2 Å². The third-order valence-electron chi connectivity index (χ3n) is 4.38. The molecule has 4 aromatic rings. The van der Waals surface area contributed by atoms with E-state index in [1.54, 1.807) is 25.3 Å². The van der Waals surface area contributed by atoms with Gasteiger partial charge in [-0.25, -0.2) is 9.97 Å². The van der Waals surface area contributed by atoms with Crippen LogP contribution in [-0.2, 0) is 0 Å². The monoisotopic (exact) mass is 369 g/mol. The average Bonchev–Trinajstić information content (AvgIpc) is 3.14. The van der Waals surface area contributed by atoms with E-state index in [0.717, 1.165) is 0 Å². The zero-order valence-corrected chi connectivity index (χ0v) is 14.9. The van der Waals surface area contributed by atoms with E-state index >= 15 is 0 Å². The lowest BCUT2D eigenvalue weighted by atomic mass is 10.0. The van der Waals surface area contributed by atoms with Crippen molar-refractivity contribution in [2.45, 2.75) is 6.92 Å². The Labute approximate surface area is 160 Å². The molecule has 0 atom stereocenters. The summed E-state index contributed by atoms with van der Waals surface area (Å²) in [4.78, 5) is 24.6. The summed E-state index contributed by atoms with van der Waals surface area (Å²) in [7, 11) is 0. The van der Waals surface area contributed by atoms with Gasteiger partial charge in [0.15, 0.2) is 5.78 Å². The van der Waals surface area contributed by atoms with Crippen molar-refractivity contribution in [1.29, 1.82) is 5.26 Å². The number of aromatic amines is 1. The maximum atomic E-state index is 13.1. The van der Waals surface area contributed by atoms with Gasteiger partial charge in [0.05, 0.1) is 27.9 Å². The number of anilines is 1. The van der Waals surface area contributed by atoms with Crippen LogP contribution in [-0.4, -0.2) is 20.7 Å². The number of hydrogen-bond donors (Lipinski definition) is 2. The van der Waals surface area contributed by atoms with Gasteiger partial charge in [-0.2, -0.15) is 5.26 Å². The van der Waals surface area contributed by atoms with Gasteiger partial charge in [0.25, 0.3) is 0 Å². The fourth-order valence-electron chi connectivity index (χ4n) is 2.98. The number of hydrogen-bond acceptors (Lipinski definition) is 6. The number of ether oxygens (including phenoxy) is 1. The predicted octanol–water partition coefficient (Wildman–Crippen LogP) is 3.74. The number of H-pyrrole nitrogens is 1. The molecule has 3 aromatic heterocycles. The Morgan fingerprint density at radius 3 is 2.68 bits per heavy atom. The summed E-state index contributed by atoms with van der Waals surface area (Å²) in [5.41, 5.74) is 8.26. The van der Waals surface area contributed by atoms with Crippen LogP contribution in [0.5, 0.6) is 11.6 Å². The van der Waals surface area contributed by atoms with Crippen LogP contribution >= 0.6 is 0 Å². The molecule has 0 saturated heterocycles. The van der Waals surface area contributed by atoms with Gasteiger partial charge in [-0.05, 0) is 25.1 Å². The van der Waals surface area contributed by atoms with Gasteiger partial charge in [-0.15, -0.1) is 0 Å². The fraction of sp³-hybridized carbons (Fsp3) is 0.0476. The van der Waals surface area contributed by atoms with Crippen molar-refractivity contribution in [1.82, 2.24) is 15.0 Å². The maximum absolute atomic E-state index is 13.1. The van der Waals surface area contributed by atoms with Crippen LogP contribution in [0, 0.1) is 18.3 Å². The Morgan fingerprint density at radius 1 is 1.18 bits per heavy atom. The number of benzene rings is 1. The summed E-state index contributed by atoms with van der Waals surface area (Å²) < 4.78 is 5.71. The van der Waals surface area contributed by atoms with Crippen LogP contribution in [0.4, 0.5) is 5.69 Å². The lowest BCUT2D eigenvalue weighted by molar-refractivity contribution is 0.103. The van der Waals surface area contributed by atoms with Crippen molar-refractivity contribution in [2.75, 3.05) is 5.73 Å². The Balaban J connectivity index is 1.71. The number of aromatic nitrogens is 3. The van der Waals surface area contributed by atoms with Gasteiger partial charge < -0.3 is 15.5 Å². The molecule has 28 heavy (non-hydrogen) atoms. The van der Waals surface area contributed by atoms with Gasteiger partial charge in [0.1, 0.15) is 17.5 Å². The van der Waals surface area contributed by atoms with Gasteiger partial charge >= 0.3 is 0 Å². The van der Waals surface area contributed by atoms with E-state index < -0.39 is 0 Å². The highest BCUT2D eigenvalue weighted by Gasteiger charge is 2.20. The minimum absolute atomic E-state index is 0.225. The second-order valence-corrected chi connectivity index (χ2v) is 6.15. The second kappa shape index (κ2) is 6.85. The lowest BCUT2D eigenvalue weighted by Gasteiger charge is -2.09. The first kappa shape index (κ1) is 17.2. The lowest BCUT2D eigenvalue weighted by Crippen LogP contribution is -2.06. The van der Waals surface area contributed by atoms with Crippen LogP contribution < -0.4 is 10.5 Å². The predicted molar refractivity (Wildman–Crippen MR) is 104 cm³/mol. The number of pyridine rings is 2. The van der Waals surface area contributed by atoms with Crippen LogP contribution in [0.15, 0.2) is 54.9 Å². The van der Waals surface area contributed by atoms with E-state index in [1.807, 2.05) is 36.4 Å². The minimum atomic E-state index is -0.258. The molecule has 3 N–H and O–H groups in total. The first-order valence-corrected chi connectivity index (χ1v) is 8.49. The number of carbonyl (C=O) groups excluding carboxylic acids is 1.